The Morgan fingerprint density at radius 1 is 1.50 bits per heavy atom. The van der Waals surface area contributed by atoms with Crippen molar-refractivity contribution in [2.45, 2.75) is 19.5 Å². The Hall–Kier alpha value is -1.40. The van der Waals surface area contributed by atoms with E-state index in [1.165, 1.54) is 4.88 Å². The van der Waals surface area contributed by atoms with Crippen LogP contribution in [0.4, 0.5) is 5.13 Å². The molecule has 0 amide bonds. The first-order valence-electron chi connectivity index (χ1n) is 5.92. The molecule has 0 radical (unpaired) electrons. The van der Waals surface area contributed by atoms with E-state index in [1.807, 2.05) is 44.3 Å². The molecule has 2 aromatic heterocycles. The molecule has 0 saturated heterocycles. The molecule has 1 unspecified atom stereocenters. The number of hydrogen-bond acceptors (Lipinski definition) is 5. The van der Waals surface area contributed by atoms with E-state index in [0.717, 1.165) is 17.5 Å². The number of hydrogen-bond donors (Lipinski definition) is 1. The quantitative estimate of drug-likeness (QED) is 0.895. The van der Waals surface area contributed by atoms with Crippen LogP contribution < -0.4 is 10.2 Å². The Kier molecular flexibility index (Phi) is 3.98. The highest BCUT2D eigenvalue weighted by molar-refractivity contribution is 7.15. The van der Waals surface area contributed by atoms with Gasteiger partial charge in [-0.05, 0) is 14.0 Å². The summed E-state index contributed by atoms with van der Waals surface area (Å²) in [5, 5.41) is 4.25. The molecule has 0 saturated carbocycles. The topological polar surface area (TPSA) is 46.0 Å². The van der Waals surface area contributed by atoms with E-state index in [0.29, 0.717) is 6.04 Å². The normalized spacial score (nSPS) is 12.7. The summed E-state index contributed by atoms with van der Waals surface area (Å²) in [6, 6.07) is 0.345. The van der Waals surface area contributed by atoms with Crippen LogP contribution >= 0.6 is 11.3 Å². The summed E-state index contributed by atoms with van der Waals surface area (Å²) in [5.74, 6) is 1.04. The third-order valence-electron chi connectivity index (χ3n) is 3.00. The molecule has 2 aromatic rings. The van der Waals surface area contributed by atoms with Crippen LogP contribution in [0.25, 0.3) is 0 Å². The summed E-state index contributed by atoms with van der Waals surface area (Å²) in [6.45, 7) is 2.90. The van der Waals surface area contributed by atoms with E-state index in [-0.39, 0.29) is 0 Å². The first-order valence-corrected chi connectivity index (χ1v) is 6.73. The molecule has 18 heavy (non-hydrogen) atoms. The van der Waals surface area contributed by atoms with Crippen molar-refractivity contribution < 1.29 is 0 Å². The maximum absolute atomic E-state index is 4.46. The van der Waals surface area contributed by atoms with Gasteiger partial charge in [-0.1, -0.05) is 0 Å². The Labute approximate surface area is 111 Å². The van der Waals surface area contributed by atoms with Crippen LogP contribution in [0.15, 0.2) is 18.6 Å². The van der Waals surface area contributed by atoms with Crippen molar-refractivity contribution in [2.75, 3.05) is 19.0 Å². The first kappa shape index (κ1) is 13.0. The van der Waals surface area contributed by atoms with Gasteiger partial charge in [-0.3, -0.25) is 0 Å². The van der Waals surface area contributed by atoms with Crippen molar-refractivity contribution in [1.29, 1.82) is 0 Å². The van der Waals surface area contributed by atoms with Gasteiger partial charge in [-0.15, -0.1) is 11.3 Å². The highest BCUT2D eigenvalue weighted by Crippen LogP contribution is 2.26. The number of aryl methyl sites for hydroxylation is 1. The lowest BCUT2D eigenvalue weighted by molar-refractivity contribution is 0.662. The second-order valence-corrected chi connectivity index (χ2v) is 5.41. The number of nitrogens with one attached hydrogen (secondary N) is 1. The van der Waals surface area contributed by atoms with Crippen LogP contribution in [0.1, 0.15) is 23.7 Å². The number of aromatic nitrogens is 3. The molecule has 2 heterocycles. The lowest BCUT2D eigenvalue weighted by atomic mass is 10.3. The van der Waals surface area contributed by atoms with Gasteiger partial charge < -0.3 is 14.8 Å². The summed E-state index contributed by atoms with van der Waals surface area (Å²) in [5.41, 5.74) is 0. The van der Waals surface area contributed by atoms with Crippen molar-refractivity contribution >= 4 is 16.5 Å². The van der Waals surface area contributed by atoms with Crippen molar-refractivity contribution in [2.24, 2.45) is 7.05 Å². The molecule has 0 aliphatic rings. The predicted molar refractivity (Wildman–Crippen MR) is 74.9 cm³/mol. The molecule has 2 rings (SSSR count). The van der Waals surface area contributed by atoms with E-state index in [4.69, 9.17) is 0 Å². The molecular weight excluding hydrogens is 246 g/mol. The molecule has 0 aliphatic heterocycles. The summed E-state index contributed by atoms with van der Waals surface area (Å²) in [6.07, 6.45) is 5.72. The fourth-order valence-electron chi connectivity index (χ4n) is 1.62. The van der Waals surface area contributed by atoms with E-state index < -0.39 is 0 Å². The molecule has 0 bridgehead atoms. The molecule has 0 spiro atoms. The van der Waals surface area contributed by atoms with Gasteiger partial charge in [0, 0.05) is 43.6 Å². The van der Waals surface area contributed by atoms with Gasteiger partial charge in [0.15, 0.2) is 5.13 Å². The highest BCUT2D eigenvalue weighted by Gasteiger charge is 2.12. The van der Waals surface area contributed by atoms with E-state index in [2.05, 4.69) is 27.1 Å². The average molecular weight is 265 g/mol. The smallest absolute Gasteiger partial charge is 0.185 e. The molecule has 0 fully saturated rings. The summed E-state index contributed by atoms with van der Waals surface area (Å²) < 4.78 is 2.03. The molecular formula is C12H19N5S. The lowest BCUT2D eigenvalue weighted by Gasteiger charge is -2.15. The Morgan fingerprint density at radius 2 is 2.28 bits per heavy atom. The SMILES string of the molecule is CNC(C)c1cnc(N(C)Cc2nccn2C)s1. The predicted octanol–water partition coefficient (Wildman–Crippen LogP) is 1.79. The third kappa shape index (κ3) is 2.70. The maximum atomic E-state index is 4.46. The molecule has 0 aliphatic carbocycles. The second-order valence-electron chi connectivity index (χ2n) is 4.37. The van der Waals surface area contributed by atoms with Crippen LogP contribution in [0.2, 0.25) is 0 Å². The number of rotatable bonds is 5. The third-order valence-corrected chi connectivity index (χ3v) is 4.29. The number of thiazole rings is 1. The van der Waals surface area contributed by atoms with Gasteiger partial charge in [-0.2, -0.15) is 0 Å². The van der Waals surface area contributed by atoms with Gasteiger partial charge in [-0.25, -0.2) is 9.97 Å². The fraction of sp³-hybridized carbons (Fsp3) is 0.500. The fourth-order valence-corrected chi connectivity index (χ4v) is 2.56. The number of nitrogens with zero attached hydrogens (tertiary/aromatic N) is 4. The maximum Gasteiger partial charge on any atom is 0.185 e. The summed E-state index contributed by atoms with van der Waals surface area (Å²) in [7, 11) is 6.01. The van der Waals surface area contributed by atoms with Gasteiger partial charge in [0.2, 0.25) is 0 Å². The molecule has 98 valence electrons. The van der Waals surface area contributed by atoms with Crippen molar-refractivity contribution in [3.63, 3.8) is 0 Å². The molecule has 1 N–H and O–H groups in total. The number of imidazole rings is 1. The average Bonchev–Trinajstić information content (AvgIpc) is 2.98. The largest absolute Gasteiger partial charge is 0.344 e. The Morgan fingerprint density at radius 3 is 2.89 bits per heavy atom. The molecule has 6 heteroatoms. The number of anilines is 1. The lowest BCUT2D eigenvalue weighted by Crippen LogP contribution is -2.18. The van der Waals surface area contributed by atoms with Crippen LogP contribution in [0, 0.1) is 0 Å². The standard InChI is InChI=1S/C12H19N5S/c1-9(13-2)10-7-15-12(18-10)17(4)8-11-14-5-6-16(11)3/h5-7,9,13H,8H2,1-4H3. The van der Waals surface area contributed by atoms with Crippen molar-refractivity contribution in [1.82, 2.24) is 19.9 Å². The minimum absolute atomic E-state index is 0.345. The zero-order valence-electron chi connectivity index (χ0n) is 11.2. The van der Waals surface area contributed by atoms with Crippen LogP contribution in [0.5, 0.6) is 0 Å². The zero-order valence-corrected chi connectivity index (χ0v) is 12.0. The summed E-state index contributed by atoms with van der Waals surface area (Å²) in [4.78, 5) is 12.2. The monoisotopic (exact) mass is 265 g/mol. The highest BCUT2D eigenvalue weighted by atomic mass is 32.1. The van der Waals surface area contributed by atoms with Crippen molar-refractivity contribution in [3.05, 3.63) is 29.3 Å². The van der Waals surface area contributed by atoms with Crippen LogP contribution in [-0.4, -0.2) is 28.6 Å². The van der Waals surface area contributed by atoms with E-state index >= 15 is 0 Å². The van der Waals surface area contributed by atoms with Crippen LogP contribution in [-0.2, 0) is 13.6 Å². The minimum atomic E-state index is 0.345. The van der Waals surface area contributed by atoms with Gasteiger partial charge >= 0.3 is 0 Å². The first-order chi connectivity index (χ1) is 8.61. The minimum Gasteiger partial charge on any atom is -0.344 e. The summed E-state index contributed by atoms with van der Waals surface area (Å²) >= 11 is 1.72. The van der Waals surface area contributed by atoms with Crippen molar-refractivity contribution in [3.8, 4) is 0 Å². The zero-order chi connectivity index (χ0) is 13.1. The Bertz CT molecular complexity index is 504. The molecule has 0 aromatic carbocycles. The Balaban J connectivity index is 2.07. The van der Waals surface area contributed by atoms with E-state index in [1.54, 1.807) is 11.3 Å². The van der Waals surface area contributed by atoms with Gasteiger partial charge in [0.25, 0.3) is 0 Å². The molecule has 1 atom stereocenters. The molecule has 5 nitrogen and oxygen atoms in total. The van der Waals surface area contributed by atoms with Gasteiger partial charge in [0.05, 0.1) is 6.54 Å². The van der Waals surface area contributed by atoms with Gasteiger partial charge in [0.1, 0.15) is 5.82 Å². The second kappa shape index (κ2) is 5.49. The van der Waals surface area contributed by atoms with E-state index in [9.17, 15) is 0 Å². The van der Waals surface area contributed by atoms with Crippen LogP contribution in [0.3, 0.4) is 0 Å².